The molecule has 0 heterocycles. The number of carboxylic acids is 1. The molecule has 138 valence electrons. The number of carbonyl (C=O) groups is 1. The van der Waals surface area contributed by atoms with Crippen molar-refractivity contribution in [3.63, 3.8) is 0 Å². The molecule has 0 aromatic rings. The summed E-state index contributed by atoms with van der Waals surface area (Å²) in [7, 11) is 0. The van der Waals surface area contributed by atoms with Crippen LogP contribution in [0.3, 0.4) is 0 Å². The van der Waals surface area contributed by atoms with Crippen molar-refractivity contribution >= 4 is 17.7 Å². The van der Waals surface area contributed by atoms with Gasteiger partial charge < -0.3 is 5.11 Å². The van der Waals surface area contributed by atoms with E-state index in [1.165, 1.54) is 11.8 Å². The van der Waals surface area contributed by atoms with Crippen LogP contribution in [0.25, 0.3) is 0 Å². The highest BCUT2D eigenvalue weighted by molar-refractivity contribution is 8.01. The Kier molecular flexibility index (Phi) is 9.47. The number of halogens is 5. The van der Waals surface area contributed by atoms with Crippen molar-refractivity contribution < 1.29 is 31.9 Å². The zero-order chi connectivity index (χ0) is 18.1. The molecule has 0 bridgehead atoms. The Morgan fingerprint density at radius 3 is 1.96 bits per heavy atom. The molecule has 0 amide bonds. The van der Waals surface area contributed by atoms with Crippen LogP contribution in [-0.2, 0) is 4.79 Å². The van der Waals surface area contributed by atoms with Gasteiger partial charge in [-0.1, -0.05) is 33.1 Å². The SMILES string of the molecule is CCCCC(CCC)(SCCCCC(F)(F)C(F)(F)F)C(=O)O. The third kappa shape index (κ3) is 7.27. The van der Waals surface area contributed by atoms with Gasteiger partial charge in [0.05, 0.1) is 0 Å². The maximum Gasteiger partial charge on any atom is 0.453 e. The van der Waals surface area contributed by atoms with E-state index in [1.807, 2.05) is 13.8 Å². The van der Waals surface area contributed by atoms with Gasteiger partial charge in [-0.05, 0) is 31.4 Å². The summed E-state index contributed by atoms with van der Waals surface area (Å²) in [5.74, 6) is -5.34. The Labute approximate surface area is 138 Å². The number of thioether (sulfide) groups is 1. The van der Waals surface area contributed by atoms with E-state index in [0.29, 0.717) is 19.3 Å². The second-order valence-electron chi connectivity index (χ2n) is 5.66. The lowest BCUT2D eigenvalue weighted by Gasteiger charge is -2.28. The number of carboxylic acid groups (broad SMARTS) is 1. The van der Waals surface area contributed by atoms with Gasteiger partial charge in [-0.15, -0.1) is 11.8 Å². The second kappa shape index (κ2) is 9.69. The summed E-state index contributed by atoms with van der Waals surface area (Å²) in [5.41, 5.74) is 0. The molecule has 0 aromatic carbocycles. The normalized spacial score (nSPS) is 15.4. The Balaban J connectivity index is 4.45. The molecule has 0 fully saturated rings. The van der Waals surface area contributed by atoms with Crippen LogP contribution >= 0.6 is 11.8 Å². The first-order valence-corrected chi connectivity index (χ1v) is 8.83. The number of rotatable bonds is 12. The Morgan fingerprint density at radius 1 is 0.913 bits per heavy atom. The minimum Gasteiger partial charge on any atom is -0.480 e. The number of unbranched alkanes of at least 4 members (excludes halogenated alkanes) is 2. The van der Waals surface area contributed by atoms with E-state index in [1.54, 1.807) is 0 Å². The molecule has 0 radical (unpaired) electrons. The highest BCUT2D eigenvalue weighted by atomic mass is 32.2. The van der Waals surface area contributed by atoms with E-state index in [-0.39, 0.29) is 18.6 Å². The topological polar surface area (TPSA) is 37.3 Å². The largest absolute Gasteiger partial charge is 0.480 e. The van der Waals surface area contributed by atoms with Crippen molar-refractivity contribution in [3.05, 3.63) is 0 Å². The molecule has 8 heteroatoms. The van der Waals surface area contributed by atoms with E-state index >= 15 is 0 Å². The standard InChI is InChI=1S/C15H25F5O2S/c1-3-5-9-13(8-4-2,12(21)22)23-11-7-6-10-14(16,17)15(18,19)20/h3-11H2,1-2H3,(H,21,22). The third-order valence-electron chi connectivity index (χ3n) is 3.66. The van der Waals surface area contributed by atoms with Crippen molar-refractivity contribution in [2.45, 2.75) is 82.1 Å². The summed E-state index contributed by atoms with van der Waals surface area (Å²) < 4.78 is 60.7. The first kappa shape index (κ1) is 22.5. The van der Waals surface area contributed by atoms with Gasteiger partial charge in [0.2, 0.25) is 0 Å². The average molecular weight is 364 g/mol. The Hall–Kier alpha value is -0.530. The molecule has 0 saturated heterocycles. The van der Waals surface area contributed by atoms with Crippen LogP contribution in [0.15, 0.2) is 0 Å². The molecule has 0 rings (SSSR count). The monoisotopic (exact) mass is 364 g/mol. The molecule has 0 saturated carbocycles. The van der Waals surface area contributed by atoms with E-state index < -0.39 is 29.2 Å². The fourth-order valence-corrected chi connectivity index (χ4v) is 3.77. The average Bonchev–Trinajstić information content (AvgIpc) is 2.42. The summed E-state index contributed by atoms with van der Waals surface area (Å²) in [6, 6.07) is 0. The lowest BCUT2D eigenvalue weighted by molar-refractivity contribution is -0.284. The predicted molar refractivity (Wildman–Crippen MR) is 82.1 cm³/mol. The molecule has 0 spiro atoms. The number of hydrogen-bond donors (Lipinski definition) is 1. The van der Waals surface area contributed by atoms with Gasteiger partial charge in [0.15, 0.2) is 0 Å². The maximum absolute atomic E-state index is 12.8. The van der Waals surface area contributed by atoms with Crippen LogP contribution in [0.5, 0.6) is 0 Å². The van der Waals surface area contributed by atoms with Gasteiger partial charge >= 0.3 is 18.1 Å². The third-order valence-corrected chi connectivity index (χ3v) is 5.28. The summed E-state index contributed by atoms with van der Waals surface area (Å²) in [5, 5.41) is 9.48. The van der Waals surface area contributed by atoms with Gasteiger partial charge in [-0.3, -0.25) is 4.79 Å². The molecular weight excluding hydrogens is 339 g/mol. The highest BCUT2D eigenvalue weighted by Gasteiger charge is 2.56. The van der Waals surface area contributed by atoms with Gasteiger partial charge in [-0.25, -0.2) is 0 Å². The molecule has 1 atom stereocenters. The smallest absolute Gasteiger partial charge is 0.453 e. The van der Waals surface area contributed by atoms with Crippen LogP contribution in [0, 0.1) is 0 Å². The predicted octanol–water partition coefficient (Wildman–Crippen LogP) is 5.90. The van der Waals surface area contributed by atoms with Crippen molar-refractivity contribution in [2.24, 2.45) is 0 Å². The zero-order valence-corrected chi connectivity index (χ0v) is 14.3. The minimum atomic E-state index is -5.52. The molecule has 23 heavy (non-hydrogen) atoms. The van der Waals surface area contributed by atoms with Crippen LogP contribution < -0.4 is 0 Å². The van der Waals surface area contributed by atoms with Gasteiger partial charge in [0, 0.05) is 6.42 Å². The summed E-state index contributed by atoms with van der Waals surface area (Å²) in [4.78, 5) is 11.6. The fourth-order valence-electron chi connectivity index (χ4n) is 2.27. The Bertz CT molecular complexity index is 360. The van der Waals surface area contributed by atoms with Crippen LogP contribution in [0.1, 0.15) is 65.2 Å². The van der Waals surface area contributed by atoms with Gasteiger partial charge in [0.1, 0.15) is 4.75 Å². The van der Waals surface area contributed by atoms with Crippen molar-refractivity contribution in [2.75, 3.05) is 5.75 Å². The quantitative estimate of drug-likeness (QED) is 0.346. The van der Waals surface area contributed by atoms with E-state index in [0.717, 1.165) is 12.8 Å². The molecule has 0 aromatic heterocycles. The van der Waals surface area contributed by atoms with E-state index in [9.17, 15) is 31.9 Å². The second-order valence-corrected chi connectivity index (χ2v) is 7.14. The molecule has 2 nitrogen and oxygen atoms in total. The number of alkyl halides is 5. The fraction of sp³-hybridized carbons (Fsp3) is 0.933. The van der Waals surface area contributed by atoms with Gasteiger partial charge in [-0.2, -0.15) is 22.0 Å². The lowest BCUT2D eigenvalue weighted by Crippen LogP contribution is -2.36. The summed E-state index contributed by atoms with van der Waals surface area (Å²) >= 11 is 1.17. The molecule has 1 unspecified atom stereocenters. The molecule has 1 N–H and O–H groups in total. The lowest BCUT2D eigenvalue weighted by atomic mass is 9.96. The van der Waals surface area contributed by atoms with Crippen LogP contribution in [0.4, 0.5) is 22.0 Å². The minimum absolute atomic E-state index is 0.140. The van der Waals surface area contributed by atoms with E-state index in [4.69, 9.17) is 0 Å². The first-order chi connectivity index (χ1) is 10.5. The zero-order valence-electron chi connectivity index (χ0n) is 13.5. The summed E-state index contributed by atoms with van der Waals surface area (Å²) in [6.45, 7) is 3.82. The van der Waals surface area contributed by atoms with E-state index in [2.05, 4.69) is 0 Å². The Morgan fingerprint density at radius 2 is 1.52 bits per heavy atom. The van der Waals surface area contributed by atoms with Gasteiger partial charge in [0.25, 0.3) is 0 Å². The molecule has 0 aliphatic carbocycles. The van der Waals surface area contributed by atoms with Crippen molar-refractivity contribution in [1.82, 2.24) is 0 Å². The summed E-state index contributed by atoms with van der Waals surface area (Å²) in [6.07, 6.45) is -3.70. The first-order valence-electron chi connectivity index (χ1n) is 7.84. The van der Waals surface area contributed by atoms with Crippen LogP contribution in [0.2, 0.25) is 0 Å². The van der Waals surface area contributed by atoms with Crippen LogP contribution in [-0.4, -0.2) is 33.7 Å². The van der Waals surface area contributed by atoms with Crippen molar-refractivity contribution in [1.29, 1.82) is 0 Å². The maximum atomic E-state index is 12.8. The number of aliphatic carboxylic acids is 1. The molecule has 0 aliphatic rings. The highest BCUT2D eigenvalue weighted by Crippen LogP contribution is 2.40. The van der Waals surface area contributed by atoms with Crippen molar-refractivity contribution in [3.8, 4) is 0 Å². The molecular formula is C15H25F5O2S. The number of hydrogen-bond acceptors (Lipinski definition) is 2. The molecule has 0 aliphatic heterocycles.